The molecule has 3 atom stereocenters. The van der Waals surface area contributed by atoms with E-state index >= 15 is 0 Å². The molecule has 9 heteroatoms. The van der Waals surface area contributed by atoms with Crippen molar-refractivity contribution in [2.75, 3.05) is 6.54 Å². The Morgan fingerprint density at radius 2 is 1.74 bits per heavy atom. The zero-order valence-electron chi connectivity index (χ0n) is 22.4. The molecule has 1 fully saturated rings. The largest absolute Gasteiger partial charge is 0.481 e. The second kappa shape index (κ2) is 11.1. The Balaban J connectivity index is 2.55. The van der Waals surface area contributed by atoms with Crippen molar-refractivity contribution < 1.29 is 28.7 Å². The van der Waals surface area contributed by atoms with Gasteiger partial charge >= 0.3 is 12.1 Å². The lowest BCUT2D eigenvalue weighted by Gasteiger charge is -2.44. The molecule has 0 spiro atoms. The van der Waals surface area contributed by atoms with Crippen LogP contribution in [0.1, 0.15) is 59.9 Å². The van der Waals surface area contributed by atoms with Crippen molar-refractivity contribution in [2.24, 2.45) is 17.3 Å². The van der Waals surface area contributed by atoms with Crippen molar-refractivity contribution in [3.63, 3.8) is 0 Å². The number of amides is 2. The van der Waals surface area contributed by atoms with E-state index in [0.29, 0.717) is 13.0 Å². The van der Waals surface area contributed by atoms with Crippen LogP contribution < -0.4 is 5.32 Å². The molecule has 196 valence electrons. The summed E-state index contributed by atoms with van der Waals surface area (Å²) in [7, 11) is -1.85. The first-order valence-corrected chi connectivity index (χ1v) is 15.0. The highest BCUT2D eigenvalue weighted by molar-refractivity contribution is 6.48. The Kier molecular flexibility index (Phi) is 9.16. The first-order valence-electron chi connectivity index (χ1n) is 12.3. The normalized spacial score (nSPS) is 21.6. The van der Waals surface area contributed by atoms with Gasteiger partial charge in [0.1, 0.15) is 11.3 Å². The zero-order valence-corrected chi connectivity index (χ0v) is 23.5. The van der Waals surface area contributed by atoms with Crippen LogP contribution in [0, 0.1) is 17.3 Å². The number of likely N-dealkylation sites (tertiary alicyclic amines) is 1. The standard InChI is InChI=1S/C26H42N2O6Si/c1-24(2,3)19-15-26(34-35(7)8,28(17-19)23(32)33-25(4,5)6)20(14-21(29)30)22(31)27-16-18-12-10-9-11-13-18/h9-13,19-20,35H,14-17H2,1-8H3,(H,27,31)(H,29,30)/t19-,20?,26-/m0/s1. The summed E-state index contributed by atoms with van der Waals surface area (Å²) in [5, 5.41) is 12.7. The van der Waals surface area contributed by atoms with Crippen LogP contribution in [0.4, 0.5) is 4.79 Å². The molecule has 0 saturated carbocycles. The summed E-state index contributed by atoms with van der Waals surface area (Å²) in [6, 6.07) is 9.41. The van der Waals surface area contributed by atoms with Gasteiger partial charge < -0.3 is 19.6 Å². The average Bonchev–Trinajstić information content (AvgIpc) is 3.09. The molecule has 0 bridgehead atoms. The van der Waals surface area contributed by atoms with Gasteiger partial charge in [0.25, 0.3) is 0 Å². The van der Waals surface area contributed by atoms with E-state index in [0.717, 1.165) is 5.56 Å². The van der Waals surface area contributed by atoms with Gasteiger partial charge in [-0.25, -0.2) is 4.79 Å². The third-order valence-electron chi connectivity index (χ3n) is 6.23. The number of benzene rings is 1. The summed E-state index contributed by atoms with van der Waals surface area (Å²) in [6.07, 6.45) is -0.694. The Morgan fingerprint density at radius 1 is 1.14 bits per heavy atom. The molecular weight excluding hydrogens is 464 g/mol. The summed E-state index contributed by atoms with van der Waals surface area (Å²) in [5.74, 6) is -2.69. The van der Waals surface area contributed by atoms with Gasteiger partial charge in [-0.3, -0.25) is 14.5 Å². The molecule has 35 heavy (non-hydrogen) atoms. The van der Waals surface area contributed by atoms with E-state index in [1.54, 1.807) is 20.8 Å². The fraction of sp³-hybridized carbons (Fsp3) is 0.654. The van der Waals surface area contributed by atoms with Crippen LogP contribution in [-0.4, -0.2) is 54.9 Å². The van der Waals surface area contributed by atoms with Crippen molar-refractivity contribution in [2.45, 2.75) is 85.3 Å². The Bertz CT molecular complexity index is 893. The molecule has 1 aliphatic rings. The second-order valence-corrected chi connectivity index (χ2v) is 14.1. The molecule has 0 radical (unpaired) electrons. The topological polar surface area (TPSA) is 105 Å². The molecule has 1 heterocycles. The van der Waals surface area contributed by atoms with Gasteiger partial charge in [0.2, 0.25) is 5.91 Å². The van der Waals surface area contributed by atoms with Gasteiger partial charge in [0, 0.05) is 19.5 Å². The van der Waals surface area contributed by atoms with Gasteiger partial charge in [0.15, 0.2) is 9.04 Å². The predicted octanol–water partition coefficient (Wildman–Crippen LogP) is 4.39. The van der Waals surface area contributed by atoms with E-state index < -0.39 is 50.7 Å². The minimum atomic E-state index is -1.85. The zero-order chi connectivity index (χ0) is 26.6. The molecule has 1 aromatic carbocycles. The number of nitrogens with one attached hydrogen (secondary N) is 1. The smallest absolute Gasteiger partial charge is 0.412 e. The molecular formula is C26H42N2O6Si. The minimum absolute atomic E-state index is 0.0130. The highest BCUT2D eigenvalue weighted by atomic mass is 28.3. The number of carboxylic acid groups (broad SMARTS) is 1. The molecule has 1 aromatic rings. The van der Waals surface area contributed by atoms with E-state index in [4.69, 9.17) is 9.16 Å². The monoisotopic (exact) mass is 506 g/mol. The van der Waals surface area contributed by atoms with E-state index in [1.165, 1.54) is 4.90 Å². The number of hydrogen-bond donors (Lipinski definition) is 2. The number of carbonyl (C=O) groups excluding carboxylic acids is 2. The molecule has 0 aromatic heterocycles. The van der Waals surface area contributed by atoms with Gasteiger partial charge in [0.05, 0.1) is 12.3 Å². The highest BCUT2D eigenvalue weighted by Gasteiger charge is 2.59. The number of hydrogen-bond acceptors (Lipinski definition) is 5. The van der Waals surface area contributed by atoms with Gasteiger partial charge in [-0.05, 0) is 50.8 Å². The van der Waals surface area contributed by atoms with Gasteiger partial charge in [-0.1, -0.05) is 51.1 Å². The van der Waals surface area contributed by atoms with Crippen molar-refractivity contribution >= 4 is 27.0 Å². The summed E-state index contributed by atoms with van der Waals surface area (Å²) in [5.41, 5.74) is -1.46. The number of carbonyl (C=O) groups is 3. The number of ether oxygens (including phenoxy) is 1. The van der Waals surface area contributed by atoms with Gasteiger partial charge in [-0.15, -0.1) is 0 Å². The predicted molar refractivity (Wildman–Crippen MR) is 137 cm³/mol. The maximum absolute atomic E-state index is 13.6. The van der Waals surface area contributed by atoms with Crippen LogP contribution in [0.25, 0.3) is 0 Å². The van der Waals surface area contributed by atoms with Gasteiger partial charge in [-0.2, -0.15) is 0 Å². The summed E-state index contributed by atoms with van der Waals surface area (Å²) >= 11 is 0. The SMILES string of the molecule is C[SiH](C)O[C@]1(C(CC(=O)O)C(=O)NCc2ccccc2)C[C@H](C(C)(C)C)CN1C(=O)OC(C)(C)C. The fourth-order valence-corrected chi connectivity index (χ4v) is 5.71. The number of aliphatic carboxylic acids is 1. The van der Waals surface area contributed by atoms with Crippen LogP contribution in [0.2, 0.25) is 13.1 Å². The van der Waals surface area contributed by atoms with Crippen LogP contribution in [-0.2, 0) is 25.3 Å². The van der Waals surface area contributed by atoms with Crippen molar-refractivity contribution in [1.82, 2.24) is 10.2 Å². The lowest BCUT2D eigenvalue weighted by molar-refractivity contribution is -0.157. The van der Waals surface area contributed by atoms with E-state index in [1.807, 2.05) is 43.4 Å². The second-order valence-electron chi connectivity index (χ2n) is 11.7. The van der Waals surface area contributed by atoms with Crippen molar-refractivity contribution in [3.8, 4) is 0 Å². The lowest BCUT2D eigenvalue weighted by Crippen LogP contribution is -2.60. The molecule has 1 saturated heterocycles. The maximum atomic E-state index is 13.6. The third-order valence-corrected chi connectivity index (χ3v) is 7.11. The lowest BCUT2D eigenvalue weighted by atomic mass is 9.76. The number of rotatable bonds is 8. The van der Waals surface area contributed by atoms with E-state index in [2.05, 4.69) is 26.1 Å². The Labute approximate surface area is 211 Å². The van der Waals surface area contributed by atoms with Crippen molar-refractivity contribution in [3.05, 3.63) is 35.9 Å². The van der Waals surface area contributed by atoms with Crippen molar-refractivity contribution in [1.29, 1.82) is 0 Å². The third kappa shape index (κ3) is 7.80. The fourth-order valence-electron chi connectivity index (χ4n) is 4.50. The number of nitrogens with zero attached hydrogens (tertiary/aromatic N) is 1. The molecule has 8 nitrogen and oxygen atoms in total. The minimum Gasteiger partial charge on any atom is -0.481 e. The summed E-state index contributed by atoms with van der Waals surface area (Å²) in [6.45, 7) is 16.1. The van der Waals surface area contributed by atoms with Crippen LogP contribution in [0.3, 0.4) is 0 Å². The summed E-state index contributed by atoms with van der Waals surface area (Å²) in [4.78, 5) is 40.6. The van der Waals surface area contributed by atoms with Crippen LogP contribution >= 0.6 is 0 Å². The van der Waals surface area contributed by atoms with Crippen LogP contribution in [0.5, 0.6) is 0 Å². The molecule has 2 N–H and O–H groups in total. The van der Waals surface area contributed by atoms with E-state index in [-0.39, 0.29) is 17.9 Å². The van der Waals surface area contributed by atoms with Crippen LogP contribution in [0.15, 0.2) is 30.3 Å². The average molecular weight is 507 g/mol. The molecule has 0 aliphatic carbocycles. The number of carboxylic acids is 1. The highest BCUT2D eigenvalue weighted by Crippen LogP contribution is 2.48. The summed E-state index contributed by atoms with van der Waals surface area (Å²) < 4.78 is 12.3. The first kappa shape index (κ1) is 28.8. The molecule has 1 unspecified atom stereocenters. The van der Waals surface area contributed by atoms with E-state index in [9.17, 15) is 19.5 Å². The quantitative estimate of drug-likeness (QED) is 0.507. The molecule has 2 amide bonds. The molecule has 2 rings (SSSR count). The Morgan fingerprint density at radius 3 is 2.23 bits per heavy atom. The first-order chi connectivity index (χ1) is 16.0. The molecule has 1 aliphatic heterocycles. The Hall–Kier alpha value is -2.39. The maximum Gasteiger partial charge on any atom is 0.412 e.